The Hall–Kier alpha value is -2.77. The van der Waals surface area contributed by atoms with Gasteiger partial charge in [0, 0.05) is 57.1 Å². The number of likely N-dealkylation sites (tertiary alicyclic amines) is 1. The minimum atomic E-state index is -0.151. The number of hydrogen-bond acceptors (Lipinski definition) is 5. The third-order valence-corrected chi connectivity index (χ3v) is 5.67. The smallest absolute Gasteiger partial charge is 0.227 e. The van der Waals surface area contributed by atoms with Crippen molar-refractivity contribution in [1.29, 1.82) is 0 Å². The summed E-state index contributed by atoms with van der Waals surface area (Å²) in [6, 6.07) is 1.80. The van der Waals surface area contributed by atoms with E-state index in [0.717, 1.165) is 42.9 Å². The largest absolute Gasteiger partial charge is 0.338 e. The summed E-state index contributed by atoms with van der Waals surface area (Å²) in [6.45, 7) is 6.11. The Labute approximate surface area is 164 Å². The van der Waals surface area contributed by atoms with Crippen LogP contribution in [0, 0.1) is 5.92 Å². The maximum atomic E-state index is 13.0. The predicted molar refractivity (Wildman–Crippen MR) is 102 cm³/mol. The summed E-state index contributed by atoms with van der Waals surface area (Å²) in [5.74, 6) is 0.782. The van der Waals surface area contributed by atoms with Crippen molar-refractivity contribution in [3.05, 3.63) is 41.7 Å². The number of carbonyl (C=O) groups excluding carboxylic acids is 2. The van der Waals surface area contributed by atoms with Gasteiger partial charge in [-0.05, 0) is 18.9 Å². The lowest BCUT2D eigenvalue weighted by Gasteiger charge is -2.29. The minimum Gasteiger partial charge on any atom is -0.338 e. The molecule has 1 saturated heterocycles. The first-order valence-electron chi connectivity index (χ1n) is 9.91. The SMILES string of the molecule is CC(=O)N1CCc2nc([C@@H]3CCCN3C(=O)[C@H](C)Cn3cccn3)ncc2C1. The van der Waals surface area contributed by atoms with E-state index in [9.17, 15) is 9.59 Å². The molecule has 0 N–H and O–H groups in total. The van der Waals surface area contributed by atoms with Crippen LogP contribution < -0.4 is 0 Å². The minimum absolute atomic E-state index is 0.0660. The molecule has 0 aliphatic carbocycles. The number of hydrogen-bond donors (Lipinski definition) is 0. The average Bonchev–Trinajstić information content (AvgIpc) is 3.38. The zero-order valence-corrected chi connectivity index (χ0v) is 16.4. The summed E-state index contributed by atoms with van der Waals surface area (Å²) in [7, 11) is 0. The molecule has 2 aromatic rings. The van der Waals surface area contributed by atoms with Gasteiger partial charge in [0.05, 0.1) is 24.2 Å². The predicted octanol–water partition coefficient (Wildman–Crippen LogP) is 1.58. The molecule has 0 unspecified atom stereocenters. The van der Waals surface area contributed by atoms with Gasteiger partial charge in [-0.25, -0.2) is 9.97 Å². The van der Waals surface area contributed by atoms with Crippen molar-refractivity contribution >= 4 is 11.8 Å². The highest BCUT2D eigenvalue weighted by atomic mass is 16.2. The molecule has 0 aromatic carbocycles. The van der Waals surface area contributed by atoms with Crippen LogP contribution in [0.25, 0.3) is 0 Å². The van der Waals surface area contributed by atoms with Crippen molar-refractivity contribution in [2.45, 2.75) is 52.2 Å². The molecule has 2 aliphatic rings. The van der Waals surface area contributed by atoms with Gasteiger partial charge in [0.25, 0.3) is 0 Å². The highest BCUT2D eigenvalue weighted by Crippen LogP contribution is 2.32. The van der Waals surface area contributed by atoms with Gasteiger partial charge < -0.3 is 9.80 Å². The van der Waals surface area contributed by atoms with E-state index in [1.807, 2.05) is 35.2 Å². The van der Waals surface area contributed by atoms with Crippen LogP contribution in [-0.4, -0.2) is 54.5 Å². The lowest BCUT2D eigenvalue weighted by molar-refractivity contribution is -0.136. The molecule has 4 rings (SSSR count). The van der Waals surface area contributed by atoms with Crippen LogP contribution in [0.5, 0.6) is 0 Å². The van der Waals surface area contributed by atoms with Crippen molar-refractivity contribution in [1.82, 2.24) is 29.5 Å². The molecule has 148 valence electrons. The zero-order chi connectivity index (χ0) is 19.7. The molecule has 2 aromatic heterocycles. The third kappa shape index (κ3) is 3.63. The molecule has 2 amide bonds. The van der Waals surface area contributed by atoms with Crippen LogP contribution in [0.15, 0.2) is 24.7 Å². The van der Waals surface area contributed by atoms with Gasteiger partial charge in [0.1, 0.15) is 0 Å². The first-order chi connectivity index (χ1) is 13.5. The van der Waals surface area contributed by atoms with E-state index in [2.05, 4.69) is 10.1 Å². The van der Waals surface area contributed by atoms with Gasteiger partial charge in [0.2, 0.25) is 11.8 Å². The Morgan fingerprint density at radius 1 is 1.32 bits per heavy atom. The molecular formula is C20H26N6O2. The van der Waals surface area contributed by atoms with Gasteiger partial charge in [-0.15, -0.1) is 0 Å². The molecule has 0 saturated carbocycles. The van der Waals surface area contributed by atoms with Gasteiger partial charge >= 0.3 is 0 Å². The molecule has 0 bridgehead atoms. The summed E-state index contributed by atoms with van der Waals surface area (Å²) >= 11 is 0. The fraction of sp³-hybridized carbons (Fsp3) is 0.550. The second-order valence-corrected chi connectivity index (χ2v) is 7.71. The Bertz CT molecular complexity index is 866. The fourth-order valence-electron chi connectivity index (χ4n) is 4.11. The van der Waals surface area contributed by atoms with Crippen molar-refractivity contribution in [3.63, 3.8) is 0 Å². The second kappa shape index (κ2) is 7.69. The van der Waals surface area contributed by atoms with Crippen LogP contribution in [0.1, 0.15) is 49.8 Å². The molecule has 2 aliphatic heterocycles. The van der Waals surface area contributed by atoms with Crippen LogP contribution in [-0.2, 0) is 29.1 Å². The number of nitrogens with zero attached hydrogens (tertiary/aromatic N) is 6. The lowest BCUT2D eigenvalue weighted by atomic mass is 10.1. The molecule has 1 fully saturated rings. The van der Waals surface area contributed by atoms with Crippen molar-refractivity contribution in [2.75, 3.05) is 13.1 Å². The highest BCUT2D eigenvalue weighted by molar-refractivity contribution is 5.79. The first-order valence-corrected chi connectivity index (χ1v) is 9.91. The fourth-order valence-corrected chi connectivity index (χ4v) is 4.11. The van der Waals surface area contributed by atoms with E-state index < -0.39 is 0 Å². The summed E-state index contributed by atoms with van der Waals surface area (Å²) in [5.41, 5.74) is 2.01. The van der Waals surface area contributed by atoms with Crippen LogP contribution in [0.2, 0.25) is 0 Å². The van der Waals surface area contributed by atoms with Gasteiger partial charge in [0.15, 0.2) is 5.82 Å². The number of carbonyl (C=O) groups is 2. The van der Waals surface area contributed by atoms with Gasteiger partial charge in [-0.3, -0.25) is 14.3 Å². The number of amides is 2. The Morgan fingerprint density at radius 3 is 2.93 bits per heavy atom. The number of fused-ring (bicyclic) bond motifs is 1. The Balaban J connectivity index is 1.49. The molecule has 0 spiro atoms. The third-order valence-electron chi connectivity index (χ3n) is 5.67. The second-order valence-electron chi connectivity index (χ2n) is 7.71. The van der Waals surface area contributed by atoms with E-state index in [1.54, 1.807) is 17.8 Å². The zero-order valence-electron chi connectivity index (χ0n) is 16.4. The molecule has 8 heteroatoms. The monoisotopic (exact) mass is 382 g/mol. The Kier molecular flexibility index (Phi) is 5.11. The van der Waals surface area contributed by atoms with E-state index >= 15 is 0 Å². The molecule has 8 nitrogen and oxygen atoms in total. The molecule has 28 heavy (non-hydrogen) atoms. The molecule has 4 heterocycles. The lowest BCUT2D eigenvalue weighted by Crippen LogP contribution is -2.38. The summed E-state index contributed by atoms with van der Waals surface area (Å²) < 4.78 is 1.80. The molecular weight excluding hydrogens is 356 g/mol. The molecule has 0 radical (unpaired) electrons. The maximum Gasteiger partial charge on any atom is 0.227 e. The van der Waals surface area contributed by atoms with E-state index in [0.29, 0.717) is 19.6 Å². The Morgan fingerprint density at radius 2 is 2.18 bits per heavy atom. The van der Waals surface area contributed by atoms with E-state index in [1.165, 1.54) is 0 Å². The van der Waals surface area contributed by atoms with Crippen LogP contribution >= 0.6 is 0 Å². The normalized spacial score (nSPS) is 20.1. The average molecular weight is 382 g/mol. The van der Waals surface area contributed by atoms with Crippen molar-refractivity contribution < 1.29 is 9.59 Å². The highest BCUT2D eigenvalue weighted by Gasteiger charge is 2.35. The van der Waals surface area contributed by atoms with E-state index in [4.69, 9.17) is 4.98 Å². The quantitative estimate of drug-likeness (QED) is 0.802. The maximum absolute atomic E-state index is 13.0. The number of rotatable bonds is 4. The van der Waals surface area contributed by atoms with E-state index in [-0.39, 0.29) is 23.8 Å². The van der Waals surface area contributed by atoms with Crippen molar-refractivity contribution in [3.8, 4) is 0 Å². The summed E-state index contributed by atoms with van der Waals surface area (Å²) in [6.07, 6.45) is 8.02. The van der Waals surface area contributed by atoms with Gasteiger partial charge in [-0.1, -0.05) is 6.92 Å². The summed E-state index contributed by atoms with van der Waals surface area (Å²) in [5, 5.41) is 4.20. The number of aromatic nitrogens is 4. The molecule has 2 atom stereocenters. The van der Waals surface area contributed by atoms with Crippen LogP contribution in [0.3, 0.4) is 0 Å². The topological polar surface area (TPSA) is 84.2 Å². The first kappa shape index (κ1) is 18.6. The summed E-state index contributed by atoms with van der Waals surface area (Å²) in [4.78, 5) is 37.8. The van der Waals surface area contributed by atoms with Crippen molar-refractivity contribution in [2.24, 2.45) is 5.92 Å². The standard InChI is InChI=1S/C20H26N6O2/c1-14(12-25-8-4-7-22-25)20(28)26-9-3-5-18(26)19-21-11-16-13-24(15(2)27)10-6-17(16)23-19/h4,7-8,11,14,18H,3,5-6,9-10,12-13H2,1-2H3/t14-,18+/m1/s1. The van der Waals surface area contributed by atoms with Gasteiger partial charge in [-0.2, -0.15) is 5.10 Å². The van der Waals surface area contributed by atoms with Crippen LogP contribution in [0.4, 0.5) is 0 Å².